The van der Waals surface area contributed by atoms with Crippen molar-refractivity contribution < 1.29 is 14.3 Å². The van der Waals surface area contributed by atoms with Gasteiger partial charge in [0, 0.05) is 61.2 Å². The van der Waals surface area contributed by atoms with Gasteiger partial charge in [-0.2, -0.15) is 5.26 Å². The van der Waals surface area contributed by atoms with E-state index in [1.165, 1.54) is 0 Å². The molecular weight excluding hydrogens is 464 g/mol. The predicted octanol–water partition coefficient (Wildman–Crippen LogP) is 4.89. The van der Waals surface area contributed by atoms with Gasteiger partial charge in [0.15, 0.2) is 0 Å². The monoisotopic (exact) mass is 498 g/mol. The summed E-state index contributed by atoms with van der Waals surface area (Å²) in [7, 11) is 3.59. The molecule has 1 amide bonds. The molecule has 2 heterocycles. The Morgan fingerprint density at radius 2 is 1.92 bits per heavy atom. The van der Waals surface area contributed by atoms with Crippen LogP contribution in [0.25, 0.3) is 0 Å². The van der Waals surface area contributed by atoms with Crippen LogP contribution in [0.1, 0.15) is 51.1 Å². The number of methoxy groups -OCH3 is 1. The van der Waals surface area contributed by atoms with Gasteiger partial charge in [0.25, 0.3) is 5.91 Å². The predicted molar refractivity (Wildman–Crippen MR) is 143 cm³/mol. The Kier molecular flexibility index (Phi) is 8.42. The van der Waals surface area contributed by atoms with Crippen molar-refractivity contribution in [3.8, 4) is 17.6 Å². The normalized spacial score (nSPS) is 14.1. The number of aromatic nitrogens is 1. The molecule has 0 N–H and O–H groups in total. The third-order valence-electron chi connectivity index (χ3n) is 7.16. The Bertz CT molecular complexity index is 1290. The zero-order valence-corrected chi connectivity index (χ0v) is 22.0. The van der Waals surface area contributed by atoms with Gasteiger partial charge >= 0.3 is 0 Å². The van der Waals surface area contributed by atoms with Gasteiger partial charge in [-0.3, -0.25) is 14.7 Å². The maximum absolute atomic E-state index is 13.3. The van der Waals surface area contributed by atoms with E-state index in [1.54, 1.807) is 19.2 Å². The Morgan fingerprint density at radius 3 is 2.65 bits per heavy atom. The minimum absolute atomic E-state index is 0.0119. The maximum atomic E-state index is 13.3. The highest BCUT2D eigenvalue weighted by Crippen LogP contribution is 2.26. The van der Waals surface area contributed by atoms with Crippen LogP contribution in [-0.2, 0) is 13.2 Å². The van der Waals surface area contributed by atoms with E-state index < -0.39 is 0 Å². The van der Waals surface area contributed by atoms with Crippen LogP contribution in [0.4, 0.5) is 0 Å². The van der Waals surface area contributed by atoms with Crippen molar-refractivity contribution in [3.05, 3.63) is 88.2 Å². The fraction of sp³-hybridized carbons (Fsp3) is 0.367. The summed E-state index contributed by atoms with van der Waals surface area (Å²) in [6.45, 7) is 6.93. The molecule has 1 saturated heterocycles. The van der Waals surface area contributed by atoms with Crippen LogP contribution in [0.15, 0.2) is 54.7 Å². The van der Waals surface area contributed by atoms with Crippen LogP contribution in [0.3, 0.4) is 0 Å². The molecule has 0 atom stereocenters. The maximum Gasteiger partial charge on any atom is 0.253 e. The number of carbonyl (C=O) groups excluding carboxylic acids is 1. The number of pyridine rings is 1. The lowest BCUT2D eigenvalue weighted by Crippen LogP contribution is -2.45. The van der Waals surface area contributed by atoms with Gasteiger partial charge in [0.1, 0.15) is 18.1 Å². The number of hydrogen-bond donors (Lipinski definition) is 0. The first-order valence-corrected chi connectivity index (χ1v) is 12.6. The number of likely N-dealkylation sites (tertiary alicyclic amines) is 1. The molecule has 0 aliphatic carbocycles. The molecule has 37 heavy (non-hydrogen) atoms. The van der Waals surface area contributed by atoms with E-state index >= 15 is 0 Å². The molecule has 0 bridgehead atoms. The van der Waals surface area contributed by atoms with E-state index in [4.69, 9.17) is 9.47 Å². The molecule has 1 aliphatic heterocycles. The Balaban J connectivity index is 1.33. The topological polar surface area (TPSA) is 78.7 Å². The molecular formula is C30H34N4O3. The van der Waals surface area contributed by atoms with Crippen molar-refractivity contribution in [2.45, 2.75) is 45.9 Å². The fourth-order valence-corrected chi connectivity index (χ4v) is 4.91. The molecule has 1 aliphatic rings. The largest absolute Gasteiger partial charge is 0.496 e. The SMILES string of the molecule is COc1c(C)cnc(CN2CCC(N(C)C(=O)c3cccc(OCc4ccccc4C#N)c3)CC2)c1C. The third kappa shape index (κ3) is 6.10. The second-order valence-electron chi connectivity index (χ2n) is 9.55. The Morgan fingerprint density at radius 1 is 1.16 bits per heavy atom. The van der Waals surface area contributed by atoms with Crippen LogP contribution in [0.2, 0.25) is 0 Å². The van der Waals surface area contributed by atoms with Crippen molar-refractivity contribution in [2.75, 3.05) is 27.2 Å². The molecule has 2 aromatic carbocycles. The van der Waals surface area contributed by atoms with Crippen LogP contribution < -0.4 is 9.47 Å². The second kappa shape index (κ2) is 11.9. The Hall–Kier alpha value is -3.89. The van der Waals surface area contributed by atoms with Crippen LogP contribution in [-0.4, -0.2) is 54.0 Å². The molecule has 1 aromatic heterocycles. The summed E-state index contributed by atoms with van der Waals surface area (Å²) in [6.07, 6.45) is 3.69. The van der Waals surface area contributed by atoms with Crippen LogP contribution in [0, 0.1) is 25.2 Å². The van der Waals surface area contributed by atoms with E-state index in [0.29, 0.717) is 16.9 Å². The van der Waals surface area contributed by atoms with E-state index in [0.717, 1.165) is 60.6 Å². The van der Waals surface area contributed by atoms with Gasteiger partial charge in [0.2, 0.25) is 0 Å². The highest BCUT2D eigenvalue weighted by Gasteiger charge is 2.27. The number of aryl methyl sites for hydroxylation is 1. The van der Waals surface area contributed by atoms with Crippen molar-refractivity contribution in [1.82, 2.24) is 14.8 Å². The fourth-order valence-electron chi connectivity index (χ4n) is 4.91. The number of hydrogen-bond acceptors (Lipinski definition) is 6. The number of nitrogens with zero attached hydrogens (tertiary/aromatic N) is 4. The number of amides is 1. The van der Waals surface area contributed by atoms with Gasteiger partial charge in [-0.05, 0) is 51.0 Å². The molecule has 7 heteroatoms. The molecule has 0 spiro atoms. The zero-order valence-electron chi connectivity index (χ0n) is 22.0. The molecule has 4 rings (SSSR count). The molecule has 3 aromatic rings. The lowest BCUT2D eigenvalue weighted by molar-refractivity contribution is 0.0634. The quantitative estimate of drug-likeness (QED) is 0.440. The van der Waals surface area contributed by atoms with Gasteiger partial charge < -0.3 is 14.4 Å². The first kappa shape index (κ1) is 26.2. The number of ether oxygens (including phenoxy) is 2. The summed E-state index contributed by atoms with van der Waals surface area (Å²) in [6, 6.07) is 17.0. The summed E-state index contributed by atoms with van der Waals surface area (Å²) >= 11 is 0. The summed E-state index contributed by atoms with van der Waals surface area (Å²) < 4.78 is 11.5. The summed E-state index contributed by atoms with van der Waals surface area (Å²) in [5, 5.41) is 9.28. The van der Waals surface area contributed by atoms with Gasteiger partial charge in [0.05, 0.1) is 24.4 Å². The van der Waals surface area contributed by atoms with Gasteiger partial charge in [-0.15, -0.1) is 0 Å². The number of rotatable bonds is 8. The first-order chi connectivity index (χ1) is 17.9. The van der Waals surface area contributed by atoms with Gasteiger partial charge in [-0.1, -0.05) is 24.3 Å². The summed E-state index contributed by atoms with van der Waals surface area (Å²) in [5.74, 6) is 1.51. The molecule has 192 valence electrons. The lowest BCUT2D eigenvalue weighted by atomic mass is 10.0. The minimum atomic E-state index is -0.0119. The van der Waals surface area contributed by atoms with E-state index in [9.17, 15) is 10.1 Å². The summed E-state index contributed by atoms with van der Waals surface area (Å²) in [4.78, 5) is 22.2. The van der Waals surface area contributed by atoms with Crippen molar-refractivity contribution in [3.63, 3.8) is 0 Å². The number of nitriles is 1. The highest BCUT2D eigenvalue weighted by atomic mass is 16.5. The molecule has 1 fully saturated rings. The van der Waals surface area contributed by atoms with Crippen molar-refractivity contribution >= 4 is 5.91 Å². The van der Waals surface area contributed by atoms with Crippen molar-refractivity contribution in [2.24, 2.45) is 0 Å². The zero-order chi connectivity index (χ0) is 26.4. The molecule has 7 nitrogen and oxygen atoms in total. The molecule has 0 radical (unpaired) electrons. The smallest absolute Gasteiger partial charge is 0.253 e. The lowest BCUT2D eigenvalue weighted by Gasteiger charge is -2.37. The van der Waals surface area contributed by atoms with Crippen LogP contribution in [0.5, 0.6) is 11.5 Å². The number of carbonyl (C=O) groups is 1. The standard InChI is InChI=1S/C30H34N4O3/c1-21-18-32-28(22(2)29(21)36-4)19-34-14-12-26(13-15-34)33(3)30(35)23-10-7-11-27(16-23)37-20-25-9-6-5-8-24(25)17-31/h5-11,16,18,26H,12-15,19-20H2,1-4H3. The average molecular weight is 499 g/mol. The first-order valence-electron chi connectivity index (χ1n) is 12.6. The highest BCUT2D eigenvalue weighted by molar-refractivity contribution is 5.94. The third-order valence-corrected chi connectivity index (χ3v) is 7.16. The van der Waals surface area contributed by atoms with Gasteiger partial charge in [-0.25, -0.2) is 0 Å². The molecule has 0 unspecified atom stereocenters. The van der Waals surface area contributed by atoms with E-state index in [1.807, 2.05) is 61.5 Å². The number of benzene rings is 2. The van der Waals surface area contributed by atoms with E-state index in [2.05, 4.69) is 22.9 Å². The number of piperidine rings is 1. The second-order valence-corrected chi connectivity index (χ2v) is 9.55. The Labute approximate surface area is 219 Å². The van der Waals surface area contributed by atoms with Crippen LogP contribution >= 0.6 is 0 Å². The average Bonchev–Trinajstić information content (AvgIpc) is 2.93. The molecule has 0 saturated carbocycles. The minimum Gasteiger partial charge on any atom is -0.496 e. The van der Waals surface area contributed by atoms with Crippen molar-refractivity contribution in [1.29, 1.82) is 5.26 Å². The summed E-state index contributed by atoms with van der Waals surface area (Å²) in [5.41, 5.74) is 5.19. The van der Waals surface area contributed by atoms with E-state index in [-0.39, 0.29) is 18.6 Å².